The first-order valence-electron chi connectivity index (χ1n) is 24.8. The number of anilines is 2. The van der Waals surface area contributed by atoms with E-state index in [0.717, 1.165) is 63.2 Å². The predicted octanol–water partition coefficient (Wildman–Crippen LogP) is 9.44. The molecule has 0 bridgehead atoms. The number of carbonyl (C=O) groups is 1. The van der Waals surface area contributed by atoms with Crippen molar-refractivity contribution in [1.29, 1.82) is 0 Å². The Hall–Kier alpha value is -5.89. The topological polar surface area (TPSA) is 214 Å². The van der Waals surface area contributed by atoms with Crippen LogP contribution in [0.1, 0.15) is 126 Å². The number of aromatic nitrogens is 3. The van der Waals surface area contributed by atoms with Crippen LogP contribution in [0.3, 0.4) is 0 Å². The third-order valence-electron chi connectivity index (χ3n) is 14.8. The summed E-state index contributed by atoms with van der Waals surface area (Å²) < 4.78 is 62.6. The lowest BCUT2D eigenvalue weighted by atomic mass is 9.70. The third kappa shape index (κ3) is 11.6. The van der Waals surface area contributed by atoms with Crippen molar-refractivity contribution < 1.29 is 41.8 Å². The quantitative estimate of drug-likeness (QED) is 0.0306. The molecule has 4 N–H and O–H groups in total. The summed E-state index contributed by atoms with van der Waals surface area (Å²) in [4.78, 5) is 41.2. The number of methoxy groups -OCH3 is 1. The largest absolute Gasteiger partial charge is 0.472 e. The van der Waals surface area contributed by atoms with Gasteiger partial charge in [0.25, 0.3) is 21.8 Å². The molecule has 3 aliphatic rings. The summed E-state index contributed by atoms with van der Waals surface area (Å²) in [5.74, 6) is -0.964. The van der Waals surface area contributed by atoms with Crippen LogP contribution in [-0.4, -0.2) is 108 Å². The standard InChI is InChI=1S/C52H67FN8O9S/c1-7-51(5,63)19-10-11-22-54-48-44(61(64)65)26-36(28-55-48)71(66,67)58-49(62)40-18-17-35(25-45(40)70-46-27-41-42(53)29-56-47(41)57-50(46)69-30-34(4)68-6)59-23-20-52(21-24-59)31-60(32-52)43-16-12-15-39(43)38-14-9-8-13-37(38)33(2)3/h8-9,13-14,17-18,25-29,33-34,39,43,63H,7,10-12,15-16,19-24,30-32H2,1-6H3,(H,54,55)(H,56,57)(H,58,62)/t34-,39-,43-,51+/m0/s1. The highest BCUT2D eigenvalue weighted by Crippen LogP contribution is 2.49. The zero-order valence-electron chi connectivity index (χ0n) is 41.5. The van der Waals surface area contributed by atoms with Crippen LogP contribution in [-0.2, 0) is 14.8 Å². The summed E-state index contributed by atoms with van der Waals surface area (Å²) in [5, 5.41) is 25.4. The number of nitrogens with one attached hydrogen (secondary N) is 3. The van der Waals surface area contributed by atoms with Gasteiger partial charge in [-0.25, -0.2) is 22.5 Å². The molecule has 1 spiro atoms. The molecule has 3 fully saturated rings. The zero-order chi connectivity index (χ0) is 50.7. The zero-order valence-corrected chi connectivity index (χ0v) is 42.3. The Morgan fingerprint density at radius 3 is 2.56 bits per heavy atom. The van der Waals surface area contributed by atoms with Gasteiger partial charge in [0.1, 0.15) is 28.7 Å². The van der Waals surface area contributed by atoms with Crippen molar-refractivity contribution in [3.63, 3.8) is 0 Å². The minimum absolute atomic E-state index is 0.0285. The van der Waals surface area contributed by atoms with Gasteiger partial charge in [0, 0.05) is 76.0 Å². The van der Waals surface area contributed by atoms with Crippen LogP contribution in [0.2, 0.25) is 0 Å². The average Bonchev–Trinajstić information content (AvgIpc) is 3.98. The van der Waals surface area contributed by atoms with E-state index in [2.05, 4.69) is 72.9 Å². The molecule has 71 heavy (non-hydrogen) atoms. The van der Waals surface area contributed by atoms with Gasteiger partial charge in [-0.3, -0.25) is 19.8 Å². The molecule has 0 unspecified atom stereocenters. The van der Waals surface area contributed by atoms with Gasteiger partial charge in [0.2, 0.25) is 5.82 Å². The molecule has 382 valence electrons. The number of nitro groups is 1. The number of ether oxygens (including phenoxy) is 3. The van der Waals surface area contributed by atoms with E-state index in [1.165, 1.54) is 49.6 Å². The predicted molar refractivity (Wildman–Crippen MR) is 270 cm³/mol. The monoisotopic (exact) mass is 998 g/mol. The molecule has 17 nitrogen and oxygen atoms in total. The third-order valence-corrected chi connectivity index (χ3v) is 16.1. The van der Waals surface area contributed by atoms with Gasteiger partial charge in [0.05, 0.1) is 33.8 Å². The minimum atomic E-state index is -4.75. The number of aliphatic hydroxyl groups is 1. The Bertz CT molecular complexity index is 2820. The van der Waals surface area contributed by atoms with Crippen LogP contribution in [0, 0.1) is 21.3 Å². The first-order valence-corrected chi connectivity index (χ1v) is 26.3. The van der Waals surface area contributed by atoms with Gasteiger partial charge in [-0.05, 0) is 106 Å². The molecule has 1 aliphatic carbocycles. The van der Waals surface area contributed by atoms with E-state index in [1.54, 1.807) is 26.0 Å². The number of H-pyrrole nitrogens is 1. The Labute approximate surface area is 415 Å². The number of hydrogen-bond donors (Lipinski definition) is 4. The Balaban J connectivity index is 1.02. The minimum Gasteiger partial charge on any atom is -0.472 e. The number of hydrogen-bond acceptors (Lipinski definition) is 14. The van der Waals surface area contributed by atoms with Gasteiger partial charge < -0.3 is 34.5 Å². The molecule has 2 aliphatic heterocycles. The number of amides is 1. The fourth-order valence-electron chi connectivity index (χ4n) is 10.3. The Morgan fingerprint density at radius 2 is 1.85 bits per heavy atom. The maximum absolute atomic E-state index is 15.0. The van der Waals surface area contributed by atoms with Crippen molar-refractivity contribution in [3.8, 4) is 17.4 Å². The number of aromatic amines is 1. The summed E-state index contributed by atoms with van der Waals surface area (Å²) in [7, 11) is -3.22. The lowest BCUT2D eigenvalue weighted by Gasteiger charge is -2.57. The maximum Gasteiger partial charge on any atom is 0.312 e. The number of sulfonamides is 1. The number of pyridine rings is 2. The van der Waals surface area contributed by atoms with Gasteiger partial charge in [-0.15, -0.1) is 0 Å². The number of benzene rings is 2. The molecule has 2 aromatic carbocycles. The van der Waals surface area contributed by atoms with E-state index in [0.29, 0.717) is 50.1 Å². The van der Waals surface area contributed by atoms with Gasteiger partial charge >= 0.3 is 5.69 Å². The normalized spacial score (nSPS) is 19.4. The lowest BCUT2D eigenvalue weighted by molar-refractivity contribution is -0.384. The van der Waals surface area contributed by atoms with E-state index >= 15 is 4.39 Å². The molecule has 4 atom stereocenters. The molecule has 1 amide bonds. The second-order valence-corrected chi connectivity index (χ2v) is 21.9. The number of unbranched alkanes of at least 4 members (excludes halogenated alkanes) is 1. The van der Waals surface area contributed by atoms with Crippen LogP contribution in [0.25, 0.3) is 11.0 Å². The molecule has 8 rings (SSSR count). The summed E-state index contributed by atoms with van der Waals surface area (Å²) in [6.45, 7) is 13.9. The number of likely N-dealkylation sites (tertiary alicyclic amines) is 1. The van der Waals surface area contributed by atoms with Crippen molar-refractivity contribution in [1.82, 2.24) is 24.6 Å². The highest BCUT2D eigenvalue weighted by atomic mass is 32.2. The number of fused-ring (bicyclic) bond motifs is 1. The van der Waals surface area contributed by atoms with Gasteiger partial charge in [-0.2, -0.15) is 4.98 Å². The number of halogens is 1. The molecule has 5 aromatic rings. The van der Waals surface area contributed by atoms with Crippen LogP contribution in [0.15, 0.2) is 71.9 Å². The van der Waals surface area contributed by atoms with E-state index in [4.69, 9.17) is 14.2 Å². The van der Waals surface area contributed by atoms with Crippen molar-refractivity contribution in [2.45, 2.75) is 127 Å². The first-order chi connectivity index (χ1) is 33.9. The van der Waals surface area contributed by atoms with Gasteiger partial charge in [-0.1, -0.05) is 51.5 Å². The first kappa shape index (κ1) is 51.5. The van der Waals surface area contributed by atoms with Crippen molar-refractivity contribution in [2.24, 2.45) is 5.41 Å². The molecule has 3 aromatic heterocycles. The van der Waals surface area contributed by atoms with Crippen molar-refractivity contribution in [2.75, 3.05) is 56.7 Å². The Morgan fingerprint density at radius 1 is 1.08 bits per heavy atom. The number of nitrogens with zero attached hydrogens (tertiary/aromatic N) is 5. The second kappa shape index (κ2) is 21.4. The lowest BCUT2D eigenvalue weighted by Crippen LogP contribution is -2.63. The van der Waals surface area contributed by atoms with Crippen LogP contribution >= 0.6 is 0 Å². The van der Waals surface area contributed by atoms with E-state index in [9.17, 15) is 28.4 Å². The highest BCUT2D eigenvalue weighted by molar-refractivity contribution is 7.90. The smallest absolute Gasteiger partial charge is 0.312 e. The SMILES string of the molecule is CC[C@@](C)(O)CCCCNc1ncc(S(=O)(=O)NC(=O)c2ccc(N3CCC4(CC3)CN([C@H]3CCC[C@H]3c3ccccc3C(C)C)C4)cc2Oc2cc3c(F)c[nH]c3nc2OC[C@H](C)OC)cc1[N+](=O)[O-]. The van der Waals surface area contributed by atoms with Gasteiger partial charge in [0.15, 0.2) is 5.75 Å². The maximum atomic E-state index is 15.0. The molecule has 19 heteroatoms. The fourth-order valence-corrected chi connectivity index (χ4v) is 11.3. The van der Waals surface area contributed by atoms with E-state index < -0.39 is 42.9 Å². The fraction of sp³-hybridized carbons (Fsp3) is 0.519. The molecular weight excluding hydrogens is 932 g/mol. The highest BCUT2D eigenvalue weighted by Gasteiger charge is 2.49. The summed E-state index contributed by atoms with van der Waals surface area (Å²) >= 11 is 0. The molecule has 2 saturated heterocycles. The summed E-state index contributed by atoms with van der Waals surface area (Å²) in [5.41, 5.74) is 2.44. The van der Waals surface area contributed by atoms with Crippen LogP contribution in [0.4, 0.5) is 21.6 Å². The number of piperidine rings is 1. The Kier molecular flexibility index (Phi) is 15.5. The van der Waals surface area contributed by atoms with Crippen molar-refractivity contribution >= 4 is 44.2 Å². The van der Waals surface area contributed by atoms with E-state index in [-0.39, 0.29) is 57.9 Å². The number of carbonyl (C=O) groups excluding carboxylic acids is 1. The summed E-state index contributed by atoms with van der Waals surface area (Å²) in [6.07, 6.45) is 9.64. The molecule has 0 radical (unpaired) electrons. The second-order valence-electron chi connectivity index (χ2n) is 20.2. The molecule has 1 saturated carbocycles. The van der Waals surface area contributed by atoms with Crippen molar-refractivity contribution in [3.05, 3.63) is 99.6 Å². The average molecular weight is 999 g/mol. The van der Waals surface area contributed by atoms with E-state index in [1.807, 2.05) is 6.92 Å². The van der Waals surface area contributed by atoms with Crippen LogP contribution in [0.5, 0.6) is 17.4 Å². The summed E-state index contributed by atoms with van der Waals surface area (Å²) in [6, 6.07) is 16.5. The number of rotatable bonds is 21. The van der Waals surface area contributed by atoms with Crippen LogP contribution < -0.4 is 24.4 Å². The molecule has 5 heterocycles. The molecular formula is C52H67FN8O9S.